The van der Waals surface area contributed by atoms with Gasteiger partial charge in [-0.25, -0.2) is 0 Å². The molecule has 0 aromatic carbocycles. The van der Waals surface area contributed by atoms with Crippen molar-refractivity contribution in [3.63, 3.8) is 0 Å². The fourth-order valence-corrected chi connectivity index (χ4v) is 15.3. The van der Waals surface area contributed by atoms with E-state index in [1.54, 1.807) is 12.5 Å². The molecule has 0 aliphatic carbocycles. The van der Waals surface area contributed by atoms with Crippen molar-refractivity contribution in [3.8, 4) is 0 Å². The van der Waals surface area contributed by atoms with Gasteiger partial charge in [0.15, 0.2) is 0 Å². The Morgan fingerprint density at radius 1 is 0.625 bits per heavy atom. The Balaban J connectivity index is 2.09. The minimum absolute atomic E-state index is 0.0849. The van der Waals surface area contributed by atoms with Crippen LogP contribution in [-0.4, -0.2) is 43.5 Å². The zero-order valence-electron chi connectivity index (χ0n) is 8.37. The second-order valence-electron chi connectivity index (χ2n) is 3.19. The first-order chi connectivity index (χ1) is 7.95. The molecule has 0 saturated heterocycles. The molecule has 3 rings (SSSR count). The van der Waals surface area contributed by atoms with Crippen LogP contribution in [0.4, 0.5) is 0 Å². The number of hydrogen-bond acceptors (Lipinski definition) is 0. The van der Waals surface area contributed by atoms with Crippen LogP contribution in [0.2, 0.25) is 0 Å². The van der Waals surface area contributed by atoms with Crippen molar-refractivity contribution >= 4 is 64.0 Å². The fourth-order valence-electron chi connectivity index (χ4n) is 1.52. The Morgan fingerprint density at radius 2 is 1.00 bits per heavy atom. The molecule has 0 atom stereocenters. The molecule has 0 radical (unpaired) electrons. The van der Waals surface area contributed by atoms with E-state index in [9.17, 15) is 0 Å². The molecule has 3 heterocycles. The first kappa shape index (κ1) is 11.5. The van der Waals surface area contributed by atoms with E-state index < -0.39 is 0 Å². The van der Waals surface area contributed by atoms with Gasteiger partial charge in [-0.05, 0) is 0 Å². The van der Waals surface area contributed by atoms with Gasteiger partial charge in [-0.2, -0.15) is 0 Å². The average molecular weight is 421 g/mol. The summed E-state index contributed by atoms with van der Waals surface area (Å²) in [4.78, 5) is 7.05. The maximum atomic E-state index is 2.37. The predicted molar refractivity (Wildman–Crippen MR) is 76.0 cm³/mol. The van der Waals surface area contributed by atoms with Gasteiger partial charge in [0.05, 0.1) is 0 Å². The SMILES string of the molecule is c1c[se]c(P(c2ccc[se]2)c2ccc[se]2)c1. The summed E-state index contributed by atoms with van der Waals surface area (Å²) < 4.78 is 5.16. The summed E-state index contributed by atoms with van der Waals surface area (Å²) >= 11 is 1.85. The molecule has 0 bridgehead atoms. The van der Waals surface area contributed by atoms with Gasteiger partial charge in [0.25, 0.3) is 0 Å². The van der Waals surface area contributed by atoms with Crippen LogP contribution in [0.5, 0.6) is 0 Å². The van der Waals surface area contributed by atoms with Crippen LogP contribution in [0.3, 0.4) is 0 Å². The van der Waals surface area contributed by atoms with Crippen LogP contribution in [0.1, 0.15) is 0 Å². The van der Waals surface area contributed by atoms with Crippen LogP contribution in [-0.2, 0) is 0 Å². The van der Waals surface area contributed by atoms with E-state index >= 15 is 0 Å². The number of hydrogen-bond donors (Lipinski definition) is 0. The van der Waals surface area contributed by atoms with Crippen LogP contribution in [0.25, 0.3) is 0 Å². The molecular weight excluding hydrogens is 412 g/mol. The molecule has 80 valence electrons. The summed E-state index contributed by atoms with van der Waals surface area (Å²) in [6, 6.07) is 13.9. The molecule has 0 aliphatic heterocycles. The van der Waals surface area contributed by atoms with E-state index in [2.05, 4.69) is 51.2 Å². The molecular formula is C12H9PSe3. The maximum absolute atomic E-state index is 2.37. The zero-order valence-corrected chi connectivity index (χ0v) is 14.4. The zero-order chi connectivity index (χ0) is 10.8. The first-order valence-corrected chi connectivity index (χ1v) is 11.7. The second-order valence-corrected chi connectivity index (χ2v) is 13.3. The molecule has 0 nitrogen and oxygen atoms in total. The Labute approximate surface area is 114 Å². The third-order valence-corrected chi connectivity index (χ3v) is 13.3. The van der Waals surface area contributed by atoms with Gasteiger partial charge in [0.1, 0.15) is 0 Å². The van der Waals surface area contributed by atoms with Crippen molar-refractivity contribution in [2.24, 2.45) is 0 Å². The molecule has 0 aliphatic rings. The first-order valence-electron chi connectivity index (χ1n) is 4.86. The van der Waals surface area contributed by atoms with Gasteiger partial charge >= 0.3 is 115 Å². The van der Waals surface area contributed by atoms with Crippen LogP contribution < -0.4 is 12.5 Å². The van der Waals surface area contributed by atoms with Crippen LogP contribution in [0, 0.1) is 0 Å². The third-order valence-electron chi connectivity index (χ3n) is 2.18. The van der Waals surface area contributed by atoms with Crippen molar-refractivity contribution in [2.75, 3.05) is 0 Å². The van der Waals surface area contributed by atoms with Crippen molar-refractivity contribution in [2.45, 2.75) is 0 Å². The molecule has 0 amide bonds. The standard InChI is InChI=1S/C12H9PSe3/c1-4-10(14-7-1)13(11-5-2-8-15-11)12-6-3-9-16-12/h1-9H. The minimum atomic E-state index is -0.0849. The Kier molecular flexibility index (Phi) is 3.87. The van der Waals surface area contributed by atoms with E-state index in [1.165, 1.54) is 0 Å². The van der Waals surface area contributed by atoms with E-state index in [0.717, 1.165) is 0 Å². The molecule has 0 spiro atoms. The van der Waals surface area contributed by atoms with Gasteiger partial charge in [0.2, 0.25) is 0 Å². The molecule has 4 heteroatoms. The summed E-state index contributed by atoms with van der Waals surface area (Å²) in [5.41, 5.74) is 0. The van der Waals surface area contributed by atoms with Crippen molar-refractivity contribution in [1.29, 1.82) is 0 Å². The van der Waals surface area contributed by atoms with Gasteiger partial charge in [0, 0.05) is 0 Å². The average Bonchev–Trinajstić information content (AvgIpc) is 3.02. The number of rotatable bonds is 3. The second kappa shape index (κ2) is 5.38. The topological polar surface area (TPSA) is 0 Å². The van der Waals surface area contributed by atoms with E-state index in [-0.39, 0.29) is 7.92 Å². The molecule has 16 heavy (non-hydrogen) atoms. The summed E-state index contributed by atoms with van der Waals surface area (Å²) in [6.07, 6.45) is 0. The molecule has 0 unspecified atom stereocenters. The van der Waals surface area contributed by atoms with E-state index in [0.29, 0.717) is 43.5 Å². The van der Waals surface area contributed by atoms with Gasteiger partial charge in [-0.1, -0.05) is 0 Å². The Hall–Kier alpha value is 0.428. The van der Waals surface area contributed by atoms with Gasteiger partial charge in [-0.15, -0.1) is 0 Å². The molecule has 0 fully saturated rings. The Bertz CT molecular complexity index is 441. The molecule has 0 saturated carbocycles. The normalized spacial score (nSPS) is 11.1. The van der Waals surface area contributed by atoms with Crippen molar-refractivity contribution in [1.82, 2.24) is 0 Å². The third kappa shape index (κ3) is 2.33. The molecule has 3 aromatic rings. The van der Waals surface area contributed by atoms with Crippen LogP contribution in [0.15, 0.2) is 51.2 Å². The Morgan fingerprint density at radius 3 is 1.25 bits per heavy atom. The van der Waals surface area contributed by atoms with Crippen molar-refractivity contribution < 1.29 is 0 Å². The fraction of sp³-hybridized carbons (Fsp3) is 0. The summed E-state index contributed by atoms with van der Waals surface area (Å²) in [7, 11) is -0.0849. The van der Waals surface area contributed by atoms with Crippen molar-refractivity contribution in [3.05, 3.63) is 51.2 Å². The summed E-state index contributed by atoms with van der Waals surface area (Å²) in [5.74, 6) is 0. The summed E-state index contributed by atoms with van der Waals surface area (Å²) in [5, 5.41) is 0. The molecule has 3 aromatic heterocycles. The monoisotopic (exact) mass is 424 g/mol. The van der Waals surface area contributed by atoms with E-state index in [4.69, 9.17) is 0 Å². The predicted octanol–water partition coefficient (Wildman–Crippen LogP) is 0.616. The van der Waals surface area contributed by atoms with Gasteiger partial charge < -0.3 is 0 Å². The quantitative estimate of drug-likeness (QED) is 0.430. The van der Waals surface area contributed by atoms with Gasteiger partial charge in [-0.3, -0.25) is 0 Å². The summed E-state index contributed by atoms with van der Waals surface area (Å²) in [6.45, 7) is 0. The van der Waals surface area contributed by atoms with E-state index in [1.807, 2.05) is 0 Å². The van der Waals surface area contributed by atoms with Crippen LogP contribution >= 0.6 is 7.92 Å². The molecule has 0 N–H and O–H groups in total.